The summed E-state index contributed by atoms with van der Waals surface area (Å²) in [5, 5.41) is 20.1. The molecule has 2 bridgehead atoms. The van der Waals surface area contributed by atoms with E-state index in [1.165, 1.54) is 24.3 Å². The quantitative estimate of drug-likeness (QED) is 0.927. The Morgan fingerprint density at radius 1 is 1.33 bits per heavy atom. The molecule has 3 rings (SSSR count). The van der Waals surface area contributed by atoms with Crippen LogP contribution in [0.1, 0.15) is 30.9 Å². The van der Waals surface area contributed by atoms with Crippen molar-refractivity contribution in [3.05, 3.63) is 29.8 Å². The Labute approximate surface area is 120 Å². The lowest BCUT2D eigenvalue weighted by atomic mass is 9.69. The van der Waals surface area contributed by atoms with E-state index in [1.54, 1.807) is 0 Å². The van der Waals surface area contributed by atoms with Crippen molar-refractivity contribution in [2.24, 2.45) is 5.41 Å². The highest BCUT2D eigenvalue weighted by molar-refractivity contribution is 5.32. The van der Waals surface area contributed by atoms with Gasteiger partial charge in [0.1, 0.15) is 17.3 Å². The van der Waals surface area contributed by atoms with E-state index in [-0.39, 0.29) is 18.0 Å². The summed E-state index contributed by atoms with van der Waals surface area (Å²) in [5.74, 6) is 0.0242. The Kier molecular flexibility index (Phi) is 3.56. The van der Waals surface area contributed by atoms with Crippen molar-refractivity contribution in [3.63, 3.8) is 0 Å². The van der Waals surface area contributed by atoms with Crippen molar-refractivity contribution < 1.29 is 23.4 Å². The topological polar surface area (TPSA) is 62.5 Å². The number of ether oxygens (including phenoxy) is 2. The van der Waals surface area contributed by atoms with Gasteiger partial charge in [-0.25, -0.2) is 0 Å². The number of aliphatic hydroxyl groups is 1. The van der Waals surface area contributed by atoms with Crippen LogP contribution in [0.25, 0.3) is 0 Å². The van der Waals surface area contributed by atoms with Gasteiger partial charge in [0.05, 0.1) is 18.3 Å². The second-order valence-corrected chi connectivity index (χ2v) is 5.53. The van der Waals surface area contributed by atoms with E-state index in [0.717, 1.165) is 12.8 Å². The fraction of sp³-hybridized carbons (Fsp3) is 0.533. The van der Waals surface area contributed by atoms with Gasteiger partial charge in [-0.3, -0.25) is 0 Å². The van der Waals surface area contributed by atoms with E-state index in [9.17, 15) is 19.1 Å². The first-order chi connectivity index (χ1) is 10.0. The molecule has 1 aromatic rings. The van der Waals surface area contributed by atoms with Gasteiger partial charge in [-0.15, -0.1) is 0 Å². The minimum Gasteiger partial charge on any atom is -0.435 e. The summed E-state index contributed by atoms with van der Waals surface area (Å²) in [6.45, 7) is -2.88. The third kappa shape index (κ3) is 2.37. The van der Waals surface area contributed by atoms with Gasteiger partial charge in [0, 0.05) is 0 Å². The van der Waals surface area contributed by atoms with Crippen LogP contribution >= 0.6 is 0 Å². The maximum absolute atomic E-state index is 12.1. The van der Waals surface area contributed by atoms with Gasteiger partial charge in [-0.05, 0) is 37.0 Å². The number of alkyl halides is 2. The number of nitrogens with zero attached hydrogens (tertiary/aromatic N) is 1. The molecule has 0 aromatic heterocycles. The zero-order chi connectivity index (χ0) is 15.0. The van der Waals surface area contributed by atoms with Crippen molar-refractivity contribution in [2.75, 3.05) is 0 Å². The van der Waals surface area contributed by atoms with Crippen LogP contribution in [0.2, 0.25) is 0 Å². The van der Waals surface area contributed by atoms with Crippen molar-refractivity contribution in [3.8, 4) is 11.8 Å². The molecule has 0 amide bonds. The summed E-state index contributed by atoms with van der Waals surface area (Å²) < 4.78 is 34.2. The summed E-state index contributed by atoms with van der Waals surface area (Å²) in [4.78, 5) is 0. The average Bonchev–Trinajstić information content (AvgIpc) is 3.07. The monoisotopic (exact) mass is 295 g/mol. The zero-order valence-corrected chi connectivity index (χ0v) is 11.2. The van der Waals surface area contributed by atoms with Crippen LogP contribution in [0.4, 0.5) is 8.78 Å². The average molecular weight is 295 g/mol. The molecule has 4 atom stereocenters. The third-order valence-electron chi connectivity index (χ3n) is 4.36. The van der Waals surface area contributed by atoms with E-state index < -0.39 is 18.1 Å². The molecule has 4 nitrogen and oxygen atoms in total. The van der Waals surface area contributed by atoms with Crippen LogP contribution in [-0.2, 0) is 4.74 Å². The molecule has 2 saturated heterocycles. The number of hydrogen-bond acceptors (Lipinski definition) is 4. The predicted molar refractivity (Wildman–Crippen MR) is 68.6 cm³/mol. The Morgan fingerprint density at radius 3 is 2.52 bits per heavy atom. The number of hydrogen-bond donors (Lipinski definition) is 1. The first-order valence-corrected chi connectivity index (χ1v) is 6.85. The summed E-state index contributed by atoms with van der Waals surface area (Å²) in [7, 11) is 0. The number of rotatable bonds is 4. The number of nitriles is 1. The van der Waals surface area contributed by atoms with Crippen LogP contribution in [0.15, 0.2) is 24.3 Å². The molecule has 1 N–H and O–H groups in total. The summed E-state index contributed by atoms with van der Waals surface area (Å²) in [5.41, 5.74) is -0.442. The molecule has 0 radical (unpaired) electrons. The number of benzene rings is 1. The maximum Gasteiger partial charge on any atom is 0.387 e. The minimum absolute atomic E-state index is 0.0242. The Bertz CT molecular complexity index is 557. The largest absolute Gasteiger partial charge is 0.435 e. The van der Waals surface area contributed by atoms with E-state index in [1.807, 2.05) is 0 Å². The van der Waals surface area contributed by atoms with Gasteiger partial charge < -0.3 is 14.6 Å². The molecule has 112 valence electrons. The van der Waals surface area contributed by atoms with Crippen LogP contribution in [-0.4, -0.2) is 23.9 Å². The Balaban J connectivity index is 1.81. The second-order valence-electron chi connectivity index (χ2n) is 5.53. The molecular formula is C15H15F2NO3. The fourth-order valence-electron chi connectivity index (χ4n) is 3.34. The molecule has 4 unspecified atom stereocenters. The summed E-state index contributed by atoms with van der Waals surface area (Å²) in [6, 6.07) is 7.97. The Morgan fingerprint density at radius 2 is 2.05 bits per heavy atom. The highest BCUT2D eigenvalue weighted by Gasteiger charge is 2.57. The van der Waals surface area contributed by atoms with Crippen molar-refractivity contribution >= 4 is 0 Å². The molecule has 21 heavy (non-hydrogen) atoms. The molecule has 0 saturated carbocycles. The molecule has 0 aliphatic carbocycles. The minimum atomic E-state index is -2.88. The first-order valence-electron chi connectivity index (χ1n) is 6.85. The molecule has 2 aliphatic rings. The molecule has 1 aromatic carbocycles. The van der Waals surface area contributed by atoms with Crippen molar-refractivity contribution in [1.82, 2.24) is 0 Å². The van der Waals surface area contributed by atoms with E-state index in [2.05, 4.69) is 10.8 Å². The second kappa shape index (κ2) is 5.24. The van der Waals surface area contributed by atoms with Gasteiger partial charge >= 0.3 is 6.61 Å². The Hall–Kier alpha value is -1.71. The lowest BCUT2D eigenvalue weighted by Crippen LogP contribution is -2.37. The van der Waals surface area contributed by atoms with Gasteiger partial charge in [0.2, 0.25) is 0 Å². The molecule has 2 fully saturated rings. The number of aliphatic hydroxyl groups excluding tert-OH is 1. The zero-order valence-electron chi connectivity index (χ0n) is 11.2. The number of fused-ring (bicyclic) bond motifs is 2. The lowest BCUT2D eigenvalue weighted by molar-refractivity contribution is -0.0499. The molecular weight excluding hydrogens is 280 g/mol. The van der Waals surface area contributed by atoms with Gasteiger partial charge in [-0.2, -0.15) is 14.0 Å². The van der Waals surface area contributed by atoms with Gasteiger partial charge in [-0.1, -0.05) is 12.1 Å². The molecule has 0 spiro atoms. The third-order valence-corrected chi connectivity index (χ3v) is 4.36. The predicted octanol–water partition coefficient (Wildman–Crippen LogP) is 2.78. The molecule has 6 heteroatoms. The van der Waals surface area contributed by atoms with Gasteiger partial charge in [0.25, 0.3) is 0 Å². The van der Waals surface area contributed by atoms with E-state index in [0.29, 0.717) is 12.0 Å². The standard InChI is InChI=1S/C15H15F2NO3/c16-14(17)21-10-3-1-9(2-4-10)13(19)15(8-18)7-11-5-6-12(15)20-11/h1-4,11-14,19H,5-7H2. The smallest absolute Gasteiger partial charge is 0.387 e. The highest BCUT2D eigenvalue weighted by atomic mass is 19.3. The van der Waals surface area contributed by atoms with E-state index >= 15 is 0 Å². The lowest BCUT2D eigenvalue weighted by Gasteiger charge is -2.33. The number of halogens is 2. The molecule has 2 aliphatic heterocycles. The fourth-order valence-corrected chi connectivity index (χ4v) is 3.34. The van der Waals surface area contributed by atoms with Crippen LogP contribution in [0.5, 0.6) is 5.75 Å². The summed E-state index contributed by atoms with van der Waals surface area (Å²) in [6.07, 6.45) is 0.956. The highest BCUT2D eigenvalue weighted by Crippen LogP contribution is 2.53. The first kappa shape index (κ1) is 14.2. The van der Waals surface area contributed by atoms with Crippen molar-refractivity contribution in [2.45, 2.75) is 44.2 Å². The van der Waals surface area contributed by atoms with Crippen molar-refractivity contribution in [1.29, 1.82) is 5.26 Å². The van der Waals surface area contributed by atoms with E-state index in [4.69, 9.17) is 4.74 Å². The molecule has 2 heterocycles. The normalized spacial score (nSPS) is 32.1. The SMILES string of the molecule is N#CC1(C(O)c2ccc(OC(F)F)cc2)CC2CCC1O2. The van der Waals surface area contributed by atoms with Crippen LogP contribution in [0.3, 0.4) is 0 Å². The van der Waals surface area contributed by atoms with Crippen LogP contribution < -0.4 is 4.74 Å². The maximum atomic E-state index is 12.1. The summed E-state index contributed by atoms with van der Waals surface area (Å²) >= 11 is 0. The van der Waals surface area contributed by atoms with Gasteiger partial charge in [0.15, 0.2) is 0 Å². The van der Waals surface area contributed by atoms with Crippen LogP contribution in [0, 0.1) is 16.7 Å².